The van der Waals surface area contributed by atoms with E-state index < -0.39 is 0 Å². The first kappa shape index (κ1) is 19.8. The zero-order valence-corrected chi connectivity index (χ0v) is 17.7. The number of aromatic nitrogens is 2. The number of nitrogens with one attached hydrogen (secondary N) is 1. The summed E-state index contributed by atoms with van der Waals surface area (Å²) in [6.07, 6.45) is 2.01. The molecule has 0 fully saturated rings. The van der Waals surface area contributed by atoms with E-state index in [1.165, 1.54) is 0 Å². The predicted octanol–water partition coefficient (Wildman–Crippen LogP) is 4.87. The van der Waals surface area contributed by atoms with Gasteiger partial charge in [-0.05, 0) is 60.5 Å². The number of methoxy groups -OCH3 is 2. The van der Waals surface area contributed by atoms with Crippen molar-refractivity contribution in [2.75, 3.05) is 19.5 Å². The number of amides is 1. The Morgan fingerprint density at radius 1 is 1.07 bits per heavy atom. The van der Waals surface area contributed by atoms with Crippen molar-refractivity contribution in [3.8, 4) is 22.1 Å². The van der Waals surface area contributed by atoms with E-state index in [0.29, 0.717) is 11.5 Å². The molecule has 0 aliphatic carbocycles. The number of ether oxygens (including phenoxy) is 2. The van der Waals surface area contributed by atoms with Crippen molar-refractivity contribution < 1.29 is 14.3 Å². The number of hydrogen-bond donors (Lipinski definition) is 1. The first-order valence-corrected chi connectivity index (χ1v) is 10.2. The molecule has 0 saturated carbocycles. The third kappa shape index (κ3) is 4.11. The smallest absolute Gasteiger partial charge is 0.228 e. The van der Waals surface area contributed by atoms with Crippen LogP contribution in [-0.2, 0) is 11.2 Å². The normalized spacial score (nSPS) is 10.8. The van der Waals surface area contributed by atoms with Crippen LogP contribution in [-0.4, -0.2) is 30.1 Å². The number of anilines is 1. The second-order valence-corrected chi connectivity index (χ2v) is 7.77. The van der Waals surface area contributed by atoms with Crippen LogP contribution in [0.3, 0.4) is 0 Å². The zero-order valence-electron chi connectivity index (χ0n) is 16.9. The topological polar surface area (TPSA) is 73.3 Å². The van der Waals surface area contributed by atoms with E-state index in [0.717, 1.165) is 37.7 Å². The standard InChI is InChI=1S/C23H21N3O3S/c1-14-11-16(22-26-18-5-4-10-24-23(18)30-22)7-8-17(14)25-21(27)13-15-6-9-19(28-2)20(12-15)29-3/h4-12H,13H2,1-3H3,(H,25,27). The molecule has 152 valence electrons. The average Bonchev–Trinajstić information content (AvgIpc) is 3.19. The van der Waals surface area contributed by atoms with Crippen LogP contribution < -0.4 is 14.8 Å². The van der Waals surface area contributed by atoms with Gasteiger partial charge in [0.15, 0.2) is 11.5 Å². The maximum atomic E-state index is 12.6. The molecule has 0 unspecified atom stereocenters. The van der Waals surface area contributed by atoms with Gasteiger partial charge in [-0.25, -0.2) is 9.97 Å². The van der Waals surface area contributed by atoms with Crippen molar-refractivity contribution in [3.63, 3.8) is 0 Å². The molecule has 0 atom stereocenters. The summed E-state index contributed by atoms with van der Waals surface area (Å²) in [6, 6.07) is 15.2. The highest BCUT2D eigenvalue weighted by Gasteiger charge is 2.12. The Bertz CT molecular complexity index is 1190. The molecule has 0 bridgehead atoms. The maximum absolute atomic E-state index is 12.6. The Morgan fingerprint density at radius 3 is 2.63 bits per heavy atom. The number of fused-ring (bicyclic) bond motifs is 1. The molecule has 6 nitrogen and oxygen atoms in total. The van der Waals surface area contributed by atoms with Gasteiger partial charge in [-0.1, -0.05) is 17.4 Å². The van der Waals surface area contributed by atoms with Crippen molar-refractivity contribution in [2.45, 2.75) is 13.3 Å². The van der Waals surface area contributed by atoms with Gasteiger partial charge in [-0.2, -0.15) is 0 Å². The van der Waals surface area contributed by atoms with Crippen LogP contribution in [0.2, 0.25) is 0 Å². The van der Waals surface area contributed by atoms with Crippen LogP contribution in [0.25, 0.3) is 20.9 Å². The second-order valence-electron chi connectivity index (χ2n) is 6.79. The lowest BCUT2D eigenvalue weighted by Crippen LogP contribution is -2.15. The summed E-state index contributed by atoms with van der Waals surface area (Å²) in [5.41, 5.74) is 4.50. The Morgan fingerprint density at radius 2 is 1.90 bits per heavy atom. The van der Waals surface area contributed by atoms with Crippen LogP contribution in [0, 0.1) is 6.92 Å². The van der Waals surface area contributed by atoms with Crippen LogP contribution in [0.15, 0.2) is 54.7 Å². The summed E-state index contributed by atoms with van der Waals surface area (Å²) in [6.45, 7) is 1.97. The van der Waals surface area contributed by atoms with E-state index in [2.05, 4.69) is 15.3 Å². The molecular formula is C23H21N3O3S. The van der Waals surface area contributed by atoms with E-state index in [1.807, 2.05) is 49.4 Å². The number of carbonyl (C=O) groups is 1. The number of thiazole rings is 1. The summed E-state index contributed by atoms with van der Waals surface area (Å²) in [4.78, 5) is 22.5. The number of aryl methyl sites for hydroxylation is 1. The molecule has 1 N–H and O–H groups in total. The molecule has 0 aliphatic rings. The Kier molecular flexibility index (Phi) is 5.63. The third-order valence-corrected chi connectivity index (χ3v) is 5.75. The maximum Gasteiger partial charge on any atom is 0.228 e. The molecule has 0 spiro atoms. The minimum Gasteiger partial charge on any atom is -0.493 e. The van der Waals surface area contributed by atoms with Crippen LogP contribution in [0.1, 0.15) is 11.1 Å². The van der Waals surface area contributed by atoms with E-state index in [-0.39, 0.29) is 12.3 Å². The summed E-state index contributed by atoms with van der Waals surface area (Å²) in [5.74, 6) is 1.15. The van der Waals surface area contributed by atoms with Gasteiger partial charge < -0.3 is 14.8 Å². The zero-order chi connectivity index (χ0) is 21.1. The van der Waals surface area contributed by atoms with E-state index in [4.69, 9.17) is 9.47 Å². The fourth-order valence-electron chi connectivity index (χ4n) is 3.20. The molecular weight excluding hydrogens is 398 g/mol. The highest BCUT2D eigenvalue weighted by Crippen LogP contribution is 2.31. The van der Waals surface area contributed by atoms with Gasteiger partial charge in [0.25, 0.3) is 0 Å². The molecule has 7 heteroatoms. The lowest BCUT2D eigenvalue weighted by Gasteiger charge is -2.11. The lowest BCUT2D eigenvalue weighted by atomic mass is 10.1. The first-order valence-electron chi connectivity index (χ1n) is 9.40. The van der Waals surface area contributed by atoms with E-state index >= 15 is 0 Å². The Labute approximate surface area is 178 Å². The molecule has 0 radical (unpaired) electrons. The number of rotatable bonds is 6. The first-order chi connectivity index (χ1) is 14.6. The van der Waals surface area contributed by atoms with Gasteiger partial charge >= 0.3 is 0 Å². The van der Waals surface area contributed by atoms with Gasteiger partial charge in [0.05, 0.1) is 20.6 Å². The van der Waals surface area contributed by atoms with Gasteiger partial charge in [0, 0.05) is 17.4 Å². The van der Waals surface area contributed by atoms with Gasteiger partial charge in [-0.3, -0.25) is 4.79 Å². The molecule has 4 aromatic rings. The van der Waals surface area contributed by atoms with Gasteiger partial charge in [0.2, 0.25) is 5.91 Å². The number of hydrogen-bond acceptors (Lipinski definition) is 6. The quantitative estimate of drug-likeness (QED) is 0.483. The van der Waals surface area contributed by atoms with Crippen molar-refractivity contribution in [1.82, 2.24) is 9.97 Å². The SMILES string of the molecule is COc1ccc(CC(=O)Nc2ccc(-c3nc4cccnc4s3)cc2C)cc1OC. The highest BCUT2D eigenvalue weighted by molar-refractivity contribution is 7.21. The molecule has 0 aliphatic heterocycles. The van der Waals surface area contributed by atoms with E-state index in [9.17, 15) is 4.79 Å². The molecule has 30 heavy (non-hydrogen) atoms. The summed E-state index contributed by atoms with van der Waals surface area (Å²) >= 11 is 1.56. The van der Waals surface area contributed by atoms with Crippen molar-refractivity contribution in [1.29, 1.82) is 0 Å². The average molecular weight is 420 g/mol. The molecule has 2 aromatic heterocycles. The fraction of sp³-hybridized carbons (Fsp3) is 0.174. The Balaban J connectivity index is 1.49. The lowest BCUT2D eigenvalue weighted by molar-refractivity contribution is -0.115. The number of pyridine rings is 1. The molecule has 4 rings (SSSR count). The monoisotopic (exact) mass is 419 g/mol. The summed E-state index contributed by atoms with van der Waals surface area (Å²) in [5, 5.41) is 3.90. The molecule has 0 saturated heterocycles. The van der Waals surface area contributed by atoms with Crippen molar-refractivity contribution in [2.24, 2.45) is 0 Å². The fourth-order valence-corrected chi connectivity index (χ4v) is 4.10. The second kappa shape index (κ2) is 8.51. The largest absolute Gasteiger partial charge is 0.493 e. The van der Waals surface area contributed by atoms with Crippen LogP contribution >= 0.6 is 11.3 Å². The Hall–Kier alpha value is -3.45. The third-order valence-electron chi connectivity index (χ3n) is 4.73. The minimum absolute atomic E-state index is 0.0951. The van der Waals surface area contributed by atoms with Crippen molar-refractivity contribution >= 4 is 33.3 Å². The predicted molar refractivity (Wildman–Crippen MR) is 119 cm³/mol. The number of benzene rings is 2. The van der Waals surface area contributed by atoms with Crippen LogP contribution in [0.5, 0.6) is 11.5 Å². The highest BCUT2D eigenvalue weighted by atomic mass is 32.1. The van der Waals surface area contributed by atoms with Gasteiger partial charge in [0.1, 0.15) is 15.4 Å². The molecule has 1 amide bonds. The van der Waals surface area contributed by atoms with E-state index in [1.54, 1.807) is 37.8 Å². The summed E-state index contributed by atoms with van der Waals surface area (Å²) < 4.78 is 10.5. The number of carbonyl (C=O) groups excluding carboxylic acids is 1. The molecule has 2 heterocycles. The van der Waals surface area contributed by atoms with Crippen molar-refractivity contribution in [3.05, 3.63) is 65.9 Å². The minimum atomic E-state index is -0.0951. The summed E-state index contributed by atoms with van der Waals surface area (Å²) in [7, 11) is 3.16. The van der Waals surface area contributed by atoms with Crippen LogP contribution in [0.4, 0.5) is 5.69 Å². The van der Waals surface area contributed by atoms with Gasteiger partial charge in [-0.15, -0.1) is 0 Å². The molecule has 2 aromatic carbocycles. The number of nitrogens with zero attached hydrogens (tertiary/aromatic N) is 2.